The van der Waals surface area contributed by atoms with Crippen LogP contribution in [-0.4, -0.2) is 37.5 Å². The molecule has 1 amide bonds. The highest BCUT2D eigenvalue weighted by molar-refractivity contribution is 6.13. The summed E-state index contributed by atoms with van der Waals surface area (Å²) in [6.45, 7) is -0.326. The predicted molar refractivity (Wildman–Crippen MR) is 113 cm³/mol. The van der Waals surface area contributed by atoms with Crippen molar-refractivity contribution >= 4 is 29.5 Å². The van der Waals surface area contributed by atoms with Crippen LogP contribution in [0.2, 0.25) is 0 Å². The summed E-state index contributed by atoms with van der Waals surface area (Å²) in [4.78, 5) is 30.2. The molecule has 0 bridgehead atoms. The van der Waals surface area contributed by atoms with Crippen LogP contribution in [0.25, 0.3) is 6.08 Å². The maximum Gasteiger partial charge on any atom is 0.387 e. The molecule has 0 N–H and O–H groups in total. The molecule has 2 aromatic carbocycles. The maximum absolute atomic E-state index is 12.6. The summed E-state index contributed by atoms with van der Waals surface area (Å²) in [7, 11) is 0. The Hall–Kier alpha value is -3.75. The number of carbonyl (C=O) groups is 2. The minimum Gasteiger partial charge on any atom is -0.490 e. The molecule has 7 nitrogen and oxygen atoms in total. The first-order valence-corrected chi connectivity index (χ1v) is 10.1. The third kappa shape index (κ3) is 4.61. The summed E-state index contributed by atoms with van der Waals surface area (Å²) in [5.74, 6) is -0.375. The summed E-state index contributed by atoms with van der Waals surface area (Å²) in [5.41, 5.74) is 1.94. The van der Waals surface area contributed by atoms with Crippen LogP contribution in [0.1, 0.15) is 30.9 Å². The minimum absolute atomic E-state index is 0.0590. The third-order valence-electron chi connectivity index (χ3n) is 4.91. The first kappa shape index (κ1) is 21.5. The highest BCUT2D eigenvalue weighted by atomic mass is 19.3. The van der Waals surface area contributed by atoms with Gasteiger partial charge in [0.1, 0.15) is 0 Å². The van der Waals surface area contributed by atoms with E-state index in [1.807, 2.05) is 0 Å². The van der Waals surface area contributed by atoms with E-state index in [0.717, 1.165) is 12.1 Å². The normalized spacial score (nSPS) is 17.2. The molecule has 2 heterocycles. The molecular weight excluding hydrogens is 422 g/mol. The number of halogens is 2. The number of rotatable bonds is 7. The molecule has 2 aromatic rings. The van der Waals surface area contributed by atoms with Crippen molar-refractivity contribution in [3.05, 3.63) is 59.3 Å². The number of cyclic esters (lactones) is 1. The van der Waals surface area contributed by atoms with Crippen LogP contribution in [0.15, 0.2) is 53.2 Å². The second kappa shape index (κ2) is 9.17. The molecule has 2 aliphatic heterocycles. The Labute approximate surface area is 182 Å². The van der Waals surface area contributed by atoms with E-state index in [1.54, 1.807) is 36.1 Å². The Balaban J connectivity index is 1.56. The van der Waals surface area contributed by atoms with E-state index < -0.39 is 12.6 Å². The van der Waals surface area contributed by atoms with Gasteiger partial charge < -0.3 is 19.1 Å². The zero-order valence-corrected chi connectivity index (χ0v) is 17.2. The summed E-state index contributed by atoms with van der Waals surface area (Å²) < 4.78 is 40.2. The topological polar surface area (TPSA) is 77.4 Å². The average molecular weight is 442 g/mol. The van der Waals surface area contributed by atoms with Crippen molar-refractivity contribution in [2.45, 2.75) is 26.4 Å². The molecule has 2 aliphatic rings. The van der Waals surface area contributed by atoms with Crippen molar-refractivity contribution in [2.24, 2.45) is 4.99 Å². The van der Waals surface area contributed by atoms with Gasteiger partial charge in [-0.05, 0) is 61.4 Å². The minimum atomic E-state index is -2.98. The summed E-state index contributed by atoms with van der Waals surface area (Å²) in [6.07, 6.45) is 2.85. The molecule has 0 aliphatic carbocycles. The number of ether oxygens (including phenoxy) is 3. The van der Waals surface area contributed by atoms with E-state index in [2.05, 4.69) is 9.73 Å². The number of anilines is 1. The molecule has 9 heteroatoms. The van der Waals surface area contributed by atoms with Crippen LogP contribution in [0, 0.1) is 0 Å². The smallest absolute Gasteiger partial charge is 0.387 e. The largest absolute Gasteiger partial charge is 0.490 e. The fraction of sp³-hybridized carbons (Fsp3) is 0.261. The Bertz CT molecular complexity index is 1100. The van der Waals surface area contributed by atoms with Crippen molar-refractivity contribution in [1.82, 2.24) is 0 Å². The molecule has 1 fully saturated rings. The standard InChI is InChI=1S/C23H20F2N2O5/c1-2-30-19-13-14(5-10-18(19)31-23(24)25)12-17-22(29)32-21(26-17)15-6-8-16(9-7-15)27-11-3-4-20(27)28/h5-10,12-13,23H,2-4,11H2,1H3/b17-12+. The second-order valence-electron chi connectivity index (χ2n) is 7.05. The summed E-state index contributed by atoms with van der Waals surface area (Å²) in [6, 6.07) is 11.4. The molecule has 32 heavy (non-hydrogen) atoms. The van der Waals surface area contributed by atoms with E-state index in [9.17, 15) is 18.4 Å². The van der Waals surface area contributed by atoms with Gasteiger partial charge in [-0.25, -0.2) is 9.79 Å². The number of hydrogen-bond donors (Lipinski definition) is 0. The SMILES string of the molecule is CCOc1cc(/C=C2/N=C(c3ccc(N4CCCC4=O)cc3)OC2=O)ccc1OC(F)F. The van der Waals surface area contributed by atoms with Crippen LogP contribution < -0.4 is 14.4 Å². The lowest BCUT2D eigenvalue weighted by Crippen LogP contribution is -2.23. The maximum atomic E-state index is 12.6. The van der Waals surface area contributed by atoms with E-state index in [0.29, 0.717) is 24.1 Å². The van der Waals surface area contributed by atoms with E-state index >= 15 is 0 Å². The number of alkyl halides is 2. The Morgan fingerprint density at radius 2 is 1.94 bits per heavy atom. The molecule has 0 unspecified atom stereocenters. The number of amides is 1. The van der Waals surface area contributed by atoms with Crippen molar-refractivity contribution in [3.63, 3.8) is 0 Å². The van der Waals surface area contributed by atoms with Crippen molar-refractivity contribution in [2.75, 3.05) is 18.1 Å². The second-order valence-corrected chi connectivity index (χ2v) is 7.05. The van der Waals surface area contributed by atoms with Gasteiger partial charge in [-0.15, -0.1) is 0 Å². The summed E-state index contributed by atoms with van der Waals surface area (Å²) in [5, 5.41) is 0. The van der Waals surface area contributed by atoms with Gasteiger partial charge in [0.2, 0.25) is 11.8 Å². The molecule has 166 valence electrons. The highest BCUT2D eigenvalue weighted by Gasteiger charge is 2.26. The molecule has 0 atom stereocenters. The monoisotopic (exact) mass is 442 g/mol. The average Bonchev–Trinajstić information content (AvgIpc) is 3.35. The molecule has 4 rings (SSSR count). The van der Waals surface area contributed by atoms with Gasteiger partial charge >= 0.3 is 12.6 Å². The number of aliphatic imine (C=N–C) groups is 1. The number of benzene rings is 2. The van der Waals surface area contributed by atoms with Crippen LogP contribution >= 0.6 is 0 Å². The number of carbonyl (C=O) groups excluding carboxylic acids is 2. The third-order valence-corrected chi connectivity index (χ3v) is 4.91. The quantitative estimate of drug-likeness (QED) is 0.475. The zero-order chi connectivity index (χ0) is 22.7. The van der Waals surface area contributed by atoms with Crippen LogP contribution in [0.5, 0.6) is 11.5 Å². The lowest BCUT2D eigenvalue weighted by molar-refractivity contribution is -0.130. The van der Waals surface area contributed by atoms with Crippen molar-refractivity contribution in [1.29, 1.82) is 0 Å². The van der Waals surface area contributed by atoms with Crippen molar-refractivity contribution < 1.29 is 32.6 Å². The molecular formula is C23H20F2N2O5. The number of nitrogens with zero attached hydrogens (tertiary/aromatic N) is 2. The van der Waals surface area contributed by atoms with Gasteiger partial charge in [0.15, 0.2) is 17.2 Å². The van der Waals surface area contributed by atoms with Gasteiger partial charge in [-0.1, -0.05) is 6.07 Å². The zero-order valence-electron chi connectivity index (χ0n) is 17.2. The fourth-order valence-electron chi connectivity index (χ4n) is 3.47. The van der Waals surface area contributed by atoms with Crippen LogP contribution in [0.3, 0.4) is 0 Å². The first-order valence-electron chi connectivity index (χ1n) is 10.1. The fourth-order valence-corrected chi connectivity index (χ4v) is 3.47. The first-order chi connectivity index (χ1) is 15.4. The van der Waals surface area contributed by atoms with Crippen LogP contribution in [0.4, 0.5) is 14.5 Å². The summed E-state index contributed by atoms with van der Waals surface area (Å²) >= 11 is 0. The number of hydrogen-bond acceptors (Lipinski definition) is 6. The van der Waals surface area contributed by atoms with Gasteiger partial charge in [-0.3, -0.25) is 4.79 Å². The Morgan fingerprint density at radius 3 is 2.59 bits per heavy atom. The lowest BCUT2D eigenvalue weighted by atomic mass is 10.1. The highest BCUT2D eigenvalue weighted by Crippen LogP contribution is 2.31. The van der Waals surface area contributed by atoms with E-state index in [1.165, 1.54) is 24.3 Å². The predicted octanol–water partition coefficient (Wildman–Crippen LogP) is 4.16. The van der Waals surface area contributed by atoms with Gasteiger partial charge in [0.05, 0.1) is 6.61 Å². The Morgan fingerprint density at radius 1 is 1.16 bits per heavy atom. The van der Waals surface area contributed by atoms with Gasteiger partial charge in [0, 0.05) is 24.2 Å². The molecule has 0 saturated carbocycles. The molecule has 0 radical (unpaired) electrons. The van der Waals surface area contributed by atoms with Gasteiger partial charge in [-0.2, -0.15) is 8.78 Å². The van der Waals surface area contributed by atoms with Crippen molar-refractivity contribution in [3.8, 4) is 11.5 Å². The Kier molecular flexibility index (Phi) is 6.16. The molecule has 0 aromatic heterocycles. The van der Waals surface area contributed by atoms with E-state index in [4.69, 9.17) is 9.47 Å². The van der Waals surface area contributed by atoms with Crippen LogP contribution in [-0.2, 0) is 14.3 Å². The van der Waals surface area contributed by atoms with E-state index in [-0.39, 0.29) is 35.6 Å². The molecule has 1 saturated heterocycles. The van der Waals surface area contributed by atoms with Gasteiger partial charge in [0.25, 0.3) is 0 Å². The molecule has 0 spiro atoms. The number of esters is 1. The lowest BCUT2D eigenvalue weighted by Gasteiger charge is -2.15.